The van der Waals surface area contributed by atoms with E-state index >= 15 is 0 Å². The maximum Gasteiger partial charge on any atom is 0.164 e. The van der Waals surface area contributed by atoms with Crippen LogP contribution in [0.4, 0.5) is 0 Å². The molecule has 112 valence electrons. The molecule has 4 nitrogen and oxygen atoms in total. The summed E-state index contributed by atoms with van der Waals surface area (Å²) >= 11 is 0. The number of nitrogens with one attached hydrogen (secondary N) is 1. The Morgan fingerprint density at radius 2 is 1.55 bits per heavy atom. The quantitative estimate of drug-likeness (QED) is 0.869. The van der Waals surface area contributed by atoms with Crippen molar-refractivity contribution >= 4 is 0 Å². The number of hydrogen-bond donors (Lipinski definition) is 1. The summed E-state index contributed by atoms with van der Waals surface area (Å²) in [4.78, 5) is 0. The Morgan fingerprint density at radius 3 is 2.15 bits per heavy atom. The number of benzene rings is 1. The van der Waals surface area contributed by atoms with Gasteiger partial charge in [0.25, 0.3) is 0 Å². The zero-order chi connectivity index (χ0) is 14.4. The van der Waals surface area contributed by atoms with Gasteiger partial charge in [-0.2, -0.15) is 0 Å². The molecule has 1 aliphatic rings. The number of piperidine rings is 1. The molecule has 1 aliphatic heterocycles. The van der Waals surface area contributed by atoms with Gasteiger partial charge in [-0.1, -0.05) is 0 Å². The molecule has 1 aromatic carbocycles. The standard InChI is InChI=1S/C16H25NO3/c1-18-14-11-16(20-3)15(19-2)10-13(14)5-4-12-6-8-17-9-7-12/h10-12,17H,4-9H2,1-3H3. The van der Waals surface area contributed by atoms with E-state index in [1.54, 1.807) is 21.3 Å². The number of methoxy groups -OCH3 is 3. The minimum absolute atomic E-state index is 0.718. The second-order valence-corrected chi connectivity index (χ2v) is 5.25. The third-order valence-corrected chi connectivity index (χ3v) is 4.07. The van der Waals surface area contributed by atoms with Gasteiger partial charge in [0.15, 0.2) is 11.5 Å². The highest BCUT2D eigenvalue weighted by Gasteiger charge is 2.16. The van der Waals surface area contributed by atoms with E-state index in [4.69, 9.17) is 14.2 Å². The topological polar surface area (TPSA) is 39.7 Å². The normalized spacial score (nSPS) is 15.9. The summed E-state index contributed by atoms with van der Waals surface area (Å²) in [5.41, 5.74) is 1.20. The molecule has 0 amide bonds. The second-order valence-electron chi connectivity index (χ2n) is 5.25. The first kappa shape index (κ1) is 15.0. The van der Waals surface area contributed by atoms with Crippen molar-refractivity contribution in [2.45, 2.75) is 25.7 Å². The Bertz CT molecular complexity index is 428. The van der Waals surface area contributed by atoms with Crippen molar-refractivity contribution < 1.29 is 14.2 Å². The molecule has 0 saturated carbocycles. The van der Waals surface area contributed by atoms with Crippen LogP contribution in [0.5, 0.6) is 17.2 Å². The van der Waals surface area contributed by atoms with Gasteiger partial charge in [0, 0.05) is 6.07 Å². The van der Waals surface area contributed by atoms with Gasteiger partial charge in [-0.3, -0.25) is 0 Å². The summed E-state index contributed by atoms with van der Waals surface area (Å²) in [5, 5.41) is 3.41. The van der Waals surface area contributed by atoms with E-state index in [0.717, 1.165) is 42.7 Å². The molecule has 0 aliphatic carbocycles. The average Bonchev–Trinajstić information content (AvgIpc) is 2.52. The molecule has 2 rings (SSSR count). The van der Waals surface area contributed by atoms with Gasteiger partial charge in [0.1, 0.15) is 5.75 Å². The first-order valence-electron chi connectivity index (χ1n) is 7.28. The Hall–Kier alpha value is -1.42. The zero-order valence-corrected chi connectivity index (χ0v) is 12.7. The Kier molecular flexibility index (Phi) is 5.53. The first-order valence-corrected chi connectivity index (χ1v) is 7.28. The van der Waals surface area contributed by atoms with Crippen LogP contribution in [0.1, 0.15) is 24.8 Å². The molecule has 1 heterocycles. The second kappa shape index (κ2) is 7.39. The van der Waals surface area contributed by atoms with Crippen molar-refractivity contribution in [2.75, 3.05) is 34.4 Å². The Labute approximate surface area is 121 Å². The van der Waals surface area contributed by atoms with Gasteiger partial charge in [0.2, 0.25) is 0 Å². The van der Waals surface area contributed by atoms with Gasteiger partial charge >= 0.3 is 0 Å². The molecule has 0 spiro atoms. The van der Waals surface area contributed by atoms with Crippen molar-refractivity contribution in [1.82, 2.24) is 5.32 Å². The first-order chi connectivity index (χ1) is 9.78. The third kappa shape index (κ3) is 3.57. The minimum Gasteiger partial charge on any atom is -0.496 e. The van der Waals surface area contributed by atoms with Crippen LogP contribution in [-0.4, -0.2) is 34.4 Å². The van der Waals surface area contributed by atoms with E-state index in [0.29, 0.717) is 0 Å². The van der Waals surface area contributed by atoms with Gasteiger partial charge in [-0.25, -0.2) is 0 Å². The molecule has 1 fully saturated rings. The molecular formula is C16H25NO3. The number of aryl methyl sites for hydroxylation is 1. The maximum absolute atomic E-state index is 5.48. The van der Waals surface area contributed by atoms with Crippen LogP contribution < -0.4 is 19.5 Å². The lowest BCUT2D eigenvalue weighted by Gasteiger charge is -2.23. The van der Waals surface area contributed by atoms with Crippen LogP contribution >= 0.6 is 0 Å². The molecule has 20 heavy (non-hydrogen) atoms. The van der Waals surface area contributed by atoms with Crippen molar-refractivity contribution in [3.05, 3.63) is 17.7 Å². The summed E-state index contributed by atoms with van der Waals surface area (Å²) in [6, 6.07) is 3.95. The van der Waals surface area contributed by atoms with E-state index in [1.165, 1.54) is 24.8 Å². The molecule has 1 saturated heterocycles. The van der Waals surface area contributed by atoms with Crippen molar-refractivity contribution in [2.24, 2.45) is 5.92 Å². The van der Waals surface area contributed by atoms with Crippen LogP contribution in [0.2, 0.25) is 0 Å². The molecule has 4 heteroatoms. The predicted molar refractivity (Wildman–Crippen MR) is 80.0 cm³/mol. The van der Waals surface area contributed by atoms with Gasteiger partial charge in [-0.15, -0.1) is 0 Å². The average molecular weight is 279 g/mol. The van der Waals surface area contributed by atoms with Gasteiger partial charge < -0.3 is 19.5 Å². The lowest BCUT2D eigenvalue weighted by Crippen LogP contribution is -2.27. The fourth-order valence-corrected chi connectivity index (χ4v) is 2.82. The van der Waals surface area contributed by atoms with Gasteiger partial charge in [0.05, 0.1) is 21.3 Å². The third-order valence-electron chi connectivity index (χ3n) is 4.07. The van der Waals surface area contributed by atoms with Crippen LogP contribution in [0.25, 0.3) is 0 Å². The molecule has 0 radical (unpaired) electrons. The highest BCUT2D eigenvalue weighted by Crippen LogP contribution is 2.35. The SMILES string of the molecule is COc1cc(OC)c(OC)cc1CCC1CCNCC1. The number of ether oxygens (including phenoxy) is 3. The molecule has 0 atom stereocenters. The fourth-order valence-electron chi connectivity index (χ4n) is 2.82. The summed E-state index contributed by atoms with van der Waals surface area (Å²) in [5.74, 6) is 3.19. The molecule has 0 unspecified atom stereocenters. The highest BCUT2D eigenvalue weighted by atomic mass is 16.5. The number of rotatable bonds is 6. The van der Waals surface area contributed by atoms with Crippen LogP contribution in [0.3, 0.4) is 0 Å². The summed E-state index contributed by atoms with van der Waals surface area (Å²) in [7, 11) is 5.02. The minimum atomic E-state index is 0.718. The maximum atomic E-state index is 5.48. The van der Waals surface area contributed by atoms with E-state index in [2.05, 4.69) is 5.32 Å². The van der Waals surface area contributed by atoms with Crippen molar-refractivity contribution in [1.29, 1.82) is 0 Å². The Morgan fingerprint density at radius 1 is 0.950 bits per heavy atom. The molecule has 0 aromatic heterocycles. The molecule has 1 aromatic rings. The lowest BCUT2D eigenvalue weighted by molar-refractivity contribution is 0.341. The summed E-state index contributed by atoms with van der Waals surface area (Å²) in [6.07, 6.45) is 4.77. The van der Waals surface area contributed by atoms with E-state index in [-0.39, 0.29) is 0 Å². The van der Waals surface area contributed by atoms with Crippen molar-refractivity contribution in [3.8, 4) is 17.2 Å². The lowest BCUT2D eigenvalue weighted by atomic mass is 9.91. The largest absolute Gasteiger partial charge is 0.496 e. The highest BCUT2D eigenvalue weighted by molar-refractivity contribution is 5.50. The number of hydrogen-bond acceptors (Lipinski definition) is 4. The van der Waals surface area contributed by atoms with E-state index in [1.807, 2.05) is 12.1 Å². The van der Waals surface area contributed by atoms with Crippen LogP contribution in [0, 0.1) is 5.92 Å². The summed E-state index contributed by atoms with van der Waals surface area (Å²) < 4.78 is 16.2. The summed E-state index contributed by atoms with van der Waals surface area (Å²) in [6.45, 7) is 2.29. The Balaban J connectivity index is 2.08. The smallest absolute Gasteiger partial charge is 0.164 e. The van der Waals surface area contributed by atoms with Crippen molar-refractivity contribution in [3.63, 3.8) is 0 Å². The van der Waals surface area contributed by atoms with Gasteiger partial charge in [-0.05, 0) is 56.3 Å². The van der Waals surface area contributed by atoms with Crippen LogP contribution in [0.15, 0.2) is 12.1 Å². The molecule has 0 bridgehead atoms. The zero-order valence-electron chi connectivity index (χ0n) is 12.7. The fraction of sp³-hybridized carbons (Fsp3) is 0.625. The van der Waals surface area contributed by atoms with E-state index in [9.17, 15) is 0 Å². The van der Waals surface area contributed by atoms with Crippen LogP contribution in [-0.2, 0) is 6.42 Å². The monoisotopic (exact) mass is 279 g/mol. The predicted octanol–water partition coefficient (Wildman–Crippen LogP) is 2.64. The molecule has 1 N–H and O–H groups in total. The molecular weight excluding hydrogens is 254 g/mol. The van der Waals surface area contributed by atoms with E-state index < -0.39 is 0 Å².